The normalized spacial score (nSPS) is 25.5. The van der Waals surface area contributed by atoms with Crippen LogP contribution >= 0.6 is 0 Å². The molecule has 2 fully saturated rings. The number of carbonyl (C=O) groups is 1. The van der Waals surface area contributed by atoms with Crippen molar-refractivity contribution in [3.05, 3.63) is 85.1 Å². The van der Waals surface area contributed by atoms with Gasteiger partial charge in [-0.2, -0.15) is 0 Å². The Morgan fingerprint density at radius 1 is 0.487 bits per heavy atom. The van der Waals surface area contributed by atoms with Crippen molar-refractivity contribution < 1.29 is 64.6 Å². The molecule has 0 saturated carbocycles. The van der Waals surface area contributed by atoms with E-state index in [0.29, 0.717) is 12.8 Å². The first-order chi connectivity index (χ1) is 37.1. The van der Waals surface area contributed by atoms with Crippen LogP contribution in [0.3, 0.4) is 0 Å². The summed E-state index contributed by atoms with van der Waals surface area (Å²) in [5, 5.41) is 87.1. The molecule has 0 spiro atoms. The van der Waals surface area contributed by atoms with Crippen LogP contribution in [0, 0.1) is 0 Å². The van der Waals surface area contributed by atoms with E-state index >= 15 is 0 Å². The van der Waals surface area contributed by atoms with Gasteiger partial charge in [-0.15, -0.1) is 0 Å². The topological polar surface area (TPSA) is 228 Å². The third kappa shape index (κ3) is 32.3. The van der Waals surface area contributed by atoms with Gasteiger partial charge in [0.05, 0.1) is 32.0 Å². The molecule has 0 bridgehead atoms. The minimum absolute atomic E-state index is 0.260. The summed E-state index contributed by atoms with van der Waals surface area (Å²) in [7, 11) is 0. The number of aliphatic hydroxyl groups is 8. The molecule has 2 saturated heterocycles. The molecule has 76 heavy (non-hydrogen) atoms. The van der Waals surface area contributed by atoms with Crippen molar-refractivity contribution in [1.29, 1.82) is 0 Å². The highest BCUT2D eigenvalue weighted by atomic mass is 16.7. The monoisotopic (exact) mass is 1070 g/mol. The molecule has 2 rings (SSSR count). The fraction of sp³-hybridized carbons (Fsp3) is 0.758. The van der Waals surface area contributed by atoms with Crippen LogP contribution in [0.5, 0.6) is 0 Å². The fourth-order valence-electron chi connectivity index (χ4n) is 9.25. The molecule has 1 amide bonds. The Hall–Kier alpha value is -2.83. The number of unbranched alkanes of at least 4 members (excludes halogenated alkanes) is 21. The highest BCUT2D eigenvalue weighted by Gasteiger charge is 2.51. The number of aliphatic hydroxyl groups excluding tert-OH is 8. The van der Waals surface area contributed by atoms with E-state index < -0.39 is 86.8 Å². The Morgan fingerprint density at radius 3 is 1.45 bits per heavy atom. The van der Waals surface area contributed by atoms with Gasteiger partial charge in [0.2, 0.25) is 5.91 Å². The Morgan fingerprint density at radius 2 is 0.921 bits per heavy atom. The molecule has 14 nitrogen and oxygen atoms in total. The summed E-state index contributed by atoms with van der Waals surface area (Å²) in [5.74, 6) is -0.261. The summed E-state index contributed by atoms with van der Waals surface area (Å²) in [5.41, 5.74) is 0. The molecule has 0 aromatic carbocycles. The van der Waals surface area contributed by atoms with E-state index in [1.165, 1.54) is 96.3 Å². The van der Waals surface area contributed by atoms with Gasteiger partial charge in [-0.3, -0.25) is 4.79 Å². The SMILES string of the molecule is CC/C=C\C/C=C\C/C=C\C/C=C\CCCCCCCCCCCCC(=O)NC(COC1OC(CO)C(OC2OC(CO)C(O)C(O)C2O)C(O)C1O)C(O)/C=C/CC/C=C/CC/C=C/CCCCCCCCCCC. The lowest BCUT2D eigenvalue weighted by molar-refractivity contribution is -0.359. The van der Waals surface area contributed by atoms with Crippen LogP contribution in [-0.2, 0) is 23.7 Å². The van der Waals surface area contributed by atoms with Crippen molar-refractivity contribution in [1.82, 2.24) is 5.32 Å². The summed E-state index contributed by atoms with van der Waals surface area (Å²) in [4.78, 5) is 13.3. The quantitative estimate of drug-likeness (QED) is 0.0205. The van der Waals surface area contributed by atoms with E-state index in [9.17, 15) is 45.6 Å². The number of allylic oxidation sites excluding steroid dienone is 13. The highest BCUT2D eigenvalue weighted by Crippen LogP contribution is 2.30. The van der Waals surface area contributed by atoms with Gasteiger partial charge < -0.3 is 65.1 Å². The van der Waals surface area contributed by atoms with Gasteiger partial charge >= 0.3 is 0 Å². The maximum absolute atomic E-state index is 13.3. The number of nitrogens with one attached hydrogen (secondary N) is 1. The second kappa shape index (κ2) is 47.0. The third-order valence-corrected chi connectivity index (χ3v) is 14.0. The first kappa shape index (κ1) is 69.3. The average Bonchev–Trinajstić information content (AvgIpc) is 3.42. The van der Waals surface area contributed by atoms with Crippen molar-refractivity contribution in [2.75, 3.05) is 19.8 Å². The highest BCUT2D eigenvalue weighted by molar-refractivity contribution is 5.76. The van der Waals surface area contributed by atoms with Gasteiger partial charge in [0.1, 0.15) is 48.8 Å². The molecule has 12 atom stereocenters. The predicted octanol–water partition coefficient (Wildman–Crippen LogP) is 10.1. The molecule has 0 aromatic heterocycles. The zero-order chi connectivity index (χ0) is 55.3. The average molecular weight is 1070 g/mol. The van der Waals surface area contributed by atoms with E-state index in [1.54, 1.807) is 6.08 Å². The van der Waals surface area contributed by atoms with Crippen LogP contribution in [0.25, 0.3) is 0 Å². The first-order valence-electron chi connectivity index (χ1n) is 29.8. The summed E-state index contributed by atoms with van der Waals surface area (Å²) < 4.78 is 22.7. The Balaban J connectivity index is 1.79. The molecular weight excluding hydrogens is 967 g/mol. The van der Waals surface area contributed by atoms with Crippen molar-refractivity contribution in [2.45, 2.75) is 280 Å². The van der Waals surface area contributed by atoms with Crippen molar-refractivity contribution in [3.8, 4) is 0 Å². The molecule has 2 heterocycles. The van der Waals surface area contributed by atoms with Gasteiger partial charge in [-0.05, 0) is 83.5 Å². The zero-order valence-corrected chi connectivity index (χ0v) is 47.0. The molecule has 2 aliphatic rings. The molecule has 0 aromatic rings. The fourth-order valence-corrected chi connectivity index (χ4v) is 9.25. The van der Waals surface area contributed by atoms with E-state index in [4.69, 9.17) is 18.9 Å². The lowest BCUT2D eigenvalue weighted by Gasteiger charge is -2.46. The maximum Gasteiger partial charge on any atom is 0.220 e. The Bertz CT molecular complexity index is 1600. The standard InChI is InChI=1S/C62H107NO13/c1-3-5-7-9-11-13-15-17-19-21-23-24-25-26-28-30-32-34-36-38-40-42-44-46-54(67)63-50(51(66)45-43-41-39-37-35-33-31-29-27-22-20-18-16-14-12-10-8-6-4-2)49-73-61-59(72)57(70)60(53(48-65)75-61)76-62-58(71)56(69)55(68)52(47-64)74-62/h5,7,11,13,17,19,23-24,27,29,35,37,43,45,50-53,55-62,64-66,68-72H,3-4,6,8-10,12,14-16,18,20-22,25-26,28,30-34,36,38-42,44,46-49H2,1-2H3,(H,63,67)/b7-5-,13-11-,19-17-,24-23-,29-27+,37-35+,45-43+. The number of amides is 1. The van der Waals surface area contributed by atoms with Gasteiger partial charge in [-0.1, -0.05) is 202 Å². The molecule has 12 unspecified atom stereocenters. The van der Waals surface area contributed by atoms with E-state index in [2.05, 4.69) is 92.1 Å². The molecule has 0 aliphatic carbocycles. The summed E-state index contributed by atoms with van der Waals surface area (Å²) >= 11 is 0. The predicted molar refractivity (Wildman–Crippen MR) is 304 cm³/mol. The number of hydrogen-bond donors (Lipinski definition) is 9. The minimum Gasteiger partial charge on any atom is -0.394 e. The molecule has 14 heteroatoms. The van der Waals surface area contributed by atoms with Gasteiger partial charge in [0, 0.05) is 6.42 Å². The first-order valence-corrected chi connectivity index (χ1v) is 29.8. The second-order valence-corrected chi connectivity index (χ2v) is 20.7. The number of carbonyl (C=O) groups excluding carboxylic acids is 1. The van der Waals surface area contributed by atoms with Gasteiger partial charge in [0.15, 0.2) is 12.6 Å². The van der Waals surface area contributed by atoms with Crippen LogP contribution in [-0.4, -0.2) is 140 Å². The van der Waals surface area contributed by atoms with Gasteiger partial charge in [-0.25, -0.2) is 0 Å². The Labute approximate surface area is 459 Å². The number of rotatable bonds is 46. The summed E-state index contributed by atoms with van der Waals surface area (Å²) in [6.07, 6.45) is 46.1. The molecular formula is C62H107NO13. The number of ether oxygens (including phenoxy) is 4. The van der Waals surface area contributed by atoms with Crippen LogP contribution in [0.15, 0.2) is 85.1 Å². The van der Waals surface area contributed by atoms with E-state index in [-0.39, 0.29) is 18.9 Å². The van der Waals surface area contributed by atoms with E-state index in [0.717, 1.165) is 77.0 Å². The van der Waals surface area contributed by atoms with Crippen LogP contribution in [0.2, 0.25) is 0 Å². The second-order valence-electron chi connectivity index (χ2n) is 20.7. The largest absolute Gasteiger partial charge is 0.394 e. The van der Waals surface area contributed by atoms with Crippen LogP contribution < -0.4 is 5.32 Å². The van der Waals surface area contributed by atoms with Crippen molar-refractivity contribution >= 4 is 5.91 Å². The third-order valence-electron chi connectivity index (χ3n) is 14.0. The lowest BCUT2D eigenvalue weighted by Crippen LogP contribution is -2.65. The van der Waals surface area contributed by atoms with Crippen LogP contribution in [0.1, 0.15) is 206 Å². The lowest BCUT2D eigenvalue weighted by atomic mass is 9.97. The zero-order valence-electron chi connectivity index (χ0n) is 47.0. The minimum atomic E-state index is -1.80. The molecule has 438 valence electrons. The molecule has 2 aliphatic heterocycles. The number of hydrogen-bond acceptors (Lipinski definition) is 13. The molecule has 0 radical (unpaired) electrons. The van der Waals surface area contributed by atoms with E-state index in [1.807, 2.05) is 6.08 Å². The van der Waals surface area contributed by atoms with Crippen molar-refractivity contribution in [2.24, 2.45) is 0 Å². The van der Waals surface area contributed by atoms with Crippen LogP contribution in [0.4, 0.5) is 0 Å². The van der Waals surface area contributed by atoms with Crippen molar-refractivity contribution in [3.63, 3.8) is 0 Å². The maximum atomic E-state index is 13.3. The molecule has 9 N–H and O–H groups in total. The smallest absolute Gasteiger partial charge is 0.220 e. The summed E-state index contributed by atoms with van der Waals surface area (Å²) in [6, 6.07) is -0.945. The summed E-state index contributed by atoms with van der Waals surface area (Å²) in [6.45, 7) is 2.65. The Kier molecular flexibility index (Phi) is 42.9. The van der Waals surface area contributed by atoms with Gasteiger partial charge in [0.25, 0.3) is 0 Å².